The van der Waals surface area contributed by atoms with Gasteiger partial charge in [-0.05, 0) is 26.0 Å². The topological polar surface area (TPSA) is 61.4 Å². The molecule has 5 nitrogen and oxygen atoms in total. The summed E-state index contributed by atoms with van der Waals surface area (Å²) in [6.07, 6.45) is 1.10. The lowest BCUT2D eigenvalue weighted by Crippen LogP contribution is -2.46. The summed E-state index contributed by atoms with van der Waals surface area (Å²) in [5.74, 6) is 1.98. The minimum absolute atomic E-state index is 0.227. The van der Waals surface area contributed by atoms with Crippen molar-refractivity contribution in [2.45, 2.75) is 26.3 Å². The first-order valence-corrected chi connectivity index (χ1v) is 7.18. The SMILES string of the molecule is CCNC(=O)NC(=O)CN1CCSCC[C@@H]1C. The van der Waals surface area contributed by atoms with E-state index < -0.39 is 6.03 Å². The van der Waals surface area contributed by atoms with Gasteiger partial charge in [0.05, 0.1) is 6.54 Å². The summed E-state index contributed by atoms with van der Waals surface area (Å²) in [5, 5.41) is 4.88. The van der Waals surface area contributed by atoms with E-state index in [1.807, 2.05) is 18.7 Å². The number of rotatable bonds is 3. The maximum atomic E-state index is 11.6. The van der Waals surface area contributed by atoms with E-state index in [0.29, 0.717) is 19.1 Å². The molecule has 1 aliphatic rings. The van der Waals surface area contributed by atoms with E-state index in [1.54, 1.807) is 0 Å². The summed E-state index contributed by atoms with van der Waals surface area (Å²) >= 11 is 1.92. The summed E-state index contributed by atoms with van der Waals surface area (Å²) in [6.45, 7) is 5.69. The van der Waals surface area contributed by atoms with Crippen LogP contribution in [0.15, 0.2) is 0 Å². The first kappa shape index (κ1) is 14.3. The molecule has 0 radical (unpaired) electrons. The van der Waals surface area contributed by atoms with E-state index in [9.17, 15) is 9.59 Å². The number of carbonyl (C=O) groups excluding carboxylic acids is 2. The van der Waals surface area contributed by atoms with Gasteiger partial charge in [-0.15, -0.1) is 0 Å². The van der Waals surface area contributed by atoms with E-state index in [0.717, 1.165) is 24.5 Å². The number of imide groups is 1. The molecule has 17 heavy (non-hydrogen) atoms. The van der Waals surface area contributed by atoms with Crippen molar-refractivity contribution in [3.63, 3.8) is 0 Å². The van der Waals surface area contributed by atoms with Crippen LogP contribution in [0.25, 0.3) is 0 Å². The smallest absolute Gasteiger partial charge is 0.321 e. The largest absolute Gasteiger partial charge is 0.338 e. The minimum Gasteiger partial charge on any atom is -0.338 e. The average Bonchev–Trinajstić information content (AvgIpc) is 2.44. The van der Waals surface area contributed by atoms with Crippen molar-refractivity contribution >= 4 is 23.7 Å². The standard InChI is InChI=1S/C11H21N3O2S/c1-3-12-11(16)13-10(15)8-14-5-7-17-6-4-9(14)2/h9H,3-8H2,1-2H3,(H2,12,13,15,16)/t9-/m0/s1. The average molecular weight is 259 g/mol. The van der Waals surface area contributed by atoms with E-state index >= 15 is 0 Å². The van der Waals surface area contributed by atoms with Crippen LogP contribution in [-0.2, 0) is 4.79 Å². The van der Waals surface area contributed by atoms with E-state index in [2.05, 4.69) is 22.5 Å². The molecule has 2 N–H and O–H groups in total. The van der Waals surface area contributed by atoms with Crippen LogP contribution < -0.4 is 10.6 Å². The van der Waals surface area contributed by atoms with Gasteiger partial charge in [-0.2, -0.15) is 11.8 Å². The van der Waals surface area contributed by atoms with Gasteiger partial charge in [0.1, 0.15) is 0 Å². The van der Waals surface area contributed by atoms with Gasteiger partial charge >= 0.3 is 6.03 Å². The lowest BCUT2D eigenvalue weighted by Gasteiger charge is -2.25. The van der Waals surface area contributed by atoms with Gasteiger partial charge in [-0.1, -0.05) is 0 Å². The third kappa shape index (κ3) is 5.41. The predicted molar refractivity (Wildman–Crippen MR) is 70.2 cm³/mol. The second-order valence-corrected chi connectivity index (χ2v) is 5.35. The van der Waals surface area contributed by atoms with Crippen molar-refractivity contribution in [1.29, 1.82) is 0 Å². The Labute approximate surface area is 107 Å². The first-order chi connectivity index (χ1) is 8.13. The number of carbonyl (C=O) groups is 2. The molecule has 6 heteroatoms. The molecule has 0 aromatic heterocycles. The highest BCUT2D eigenvalue weighted by Crippen LogP contribution is 2.15. The summed E-state index contributed by atoms with van der Waals surface area (Å²) in [4.78, 5) is 24.9. The highest BCUT2D eigenvalue weighted by atomic mass is 32.2. The van der Waals surface area contributed by atoms with Crippen molar-refractivity contribution in [2.24, 2.45) is 0 Å². The van der Waals surface area contributed by atoms with E-state index in [-0.39, 0.29) is 5.91 Å². The van der Waals surface area contributed by atoms with Crippen LogP contribution in [-0.4, -0.2) is 54.0 Å². The Morgan fingerprint density at radius 2 is 2.18 bits per heavy atom. The number of hydrogen-bond acceptors (Lipinski definition) is 4. The van der Waals surface area contributed by atoms with Gasteiger partial charge < -0.3 is 5.32 Å². The third-order valence-corrected chi connectivity index (χ3v) is 3.76. The number of thioether (sulfide) groups is 1. The van der Waals surface area contributed by atoms with Gasteiger partial charge in [0.15, 0.2) is 0 Å². The molecule has 1 fully saturated rings. The summed E-state index contributed by atoms with van der Waals surface area (Å²) in [5.41, 5.74) is 0. The Hall–Kier alpha value is -0.750. The Kier molecular flexibility index (Phi) is 6.36. The molecule has 1 heterocycles. The third-order valence-electron chi connectivity index (χ3n) is 2.76. The second kappa shape index (κ2) is 7.55. The molecule has 0 aliphatic carbocycles. The van der Waals surface area contributed by atoms with Crippen LogP contribution in [0.2, 0.25) is 0 Å². The molecule has 1 aliphatic heterocycles. The highest BCUT2D eigenvalue weighted by molar-refractivity contribution is 7.99. The molecular weight excluding hydrogens is 238 g/mol. The zero-order valence-electron chi connectivity index (χ0n) is 10.5. The van der Waals surface area contributed by atoms with Gasteiger partial charge in [0.25, 0.3) is 0 Å². The molecule has 1 saturated heterocycles. The molecule has 0 aromatic rings. The molecule has 98 valence electrons. The van der Waals surface area contributed by atoms with Gasteiger partial charge in [0.2, 0.25) is 5.91 Å². The van der Waals surface area contributed by atoms with Gasteiger partial charge in [-0.25, -0.2) is 4.79 Å². The maximum Gasteiger partial charge on any atom is 0.321 e. The Morgan fingerprint density at radius 1 is 1.41 bits per heavy atom. The summed E-state index contributed by atoms with van der Waals surface area (Å²) < 4.78 is 0. The fourth-order valence-corrected chi connectivity index (χ4v) is 2.81. The Balaban J connectivity index is 2.35. The molecule has 1 rings (SSSR count). The molecular formula is C11H21N3O2S. The summed E-state index contributed by atoms with van der Waals surface area (Å²) in [7, 11) is 0. The number of amides is 3. The number of nitrogens with zero attached hydrogens (tertiary/aromatic N) is 1. The van der Waals surface area contributed by atoms with Crippen molar-refractivity contribution in [2.75, 3.05) is 31.1 Å². The van der Waals surface area contributed by atoms with E-state index in [4.69, 9.17) is 0 Å². The van der Waals surface area contributed by atoms with Crippen molar-refractivity contribution in [3.05, 3.63) is 0 Å². The molecule has 0 aromatic carbocycles. The fourth-order valence-electron chi connectivity index (χ4n) is 1.73. The van der Waals surface area contributed by atoms with Crippen LogP contribution in [0.3, 0.4) is 0 Å². The number of nitrogens with one attached hydrogen (secondary N) is 2. The highest BCUT2D eigenvalue weighted by Gasteiger charge is 2.20. The zero-order chi connectivity index (χ0) is 12.7. The predicted octanol–water partition coefficient (Wildman–Crippen LogP) is 0.659. The molecule has 0 unspecified atom stereocenters. The monoisotopic (exact) mass is 259 g/mol. The van der Waals surface area contributed by atoms with Gasteiger partial charge in [-0.3, -0.25) is 15.0 Å². The molecule has 1 atom stereocenters. The lowest BCUT2D eigenvalue weighted by molar-refractivity contribution is -0.121. The van der Waals surface area contributed by atoms with Crippen LogP contribution in [0, 0.1) is 0 Å². The quantitative estimate of drug-likeness (QED) is 0.781. The molecule has 3 amide bonds. The lowest BCUT2D eigenvalue weighted by atomic mass is 10.2. The van der Waals surface area contributed by atoms with Crippen LogP contribution in [0.1, 0.15) is 20.3 Å². The number of hydrogen-bond donors (Lipinski definition) is 2. The summed E-state index contributed by atoms with van der Waals surface area (Å²) in [6, 6.07) is -0.000614. The normalized spacial score (nSPS) is 21.6. The second-order valence-electron chi connectivity index (χ2n) is 4.13. The van der Waals surface area contributed by atoms with Crippen molar-refractivity contribution in [1.82, 2.24) is 15.5 Å². The molecule has 0 saturated carbocycles. The van der Waals surface area contributed by atoms with Crippen LogP contribution in [0.4, 0.5) is 4.79 Å². The van der Waals surface area contributed by atoms with Crippen molar-refractivity contribution in [3.8, 4) is 0 Å². The first-order valence-electron chi connectivity index (χ1n) is 6.03. The molecule has 0 spiro atoms. The number of urea groups is 1. The Bertz CT molecular complexity index is 273. The zero-order valence-corrected chi connectivity index (χ0v) is 11.3. The minimum atomic E-state index is -0.408. The van der Waals surface area contributed by atoms with Gasteiger partial charge in [0, 0.05) is 24.9 Å². The molecule has 0 bridgehead atoms. The van der Waals surface area contributed by atoms with Crippen LogP contribution in [0.5, 0.6) is 0 Å². The Morgan fingerprint density at radius 3 is 2.88 bits per heavy atom. The van der Waals surface area contributed by atoms with Crippen LogP contribution >= 0.6 is 11.8 Å². The van der Waals surface area contributed by atoms with Crippen molar-refractivity contribution < 1.29 is 9.59 Å². The maximum absolute atomic E-state index is 11.6. The fraction of sp³-hybridized carbons (Fsp3) is 0.818. The van der Waals surface area contributed by atoms with E-state index in [1.165, 1.54) is 0 Å².